The van der Waals surface area contributed by atoms with Gasteiger partial charge >= 0.3 is 0 Å². The van der Waals surface area contributed by atoms with Gasteiger partial charge in [-0.2, -0.15) is 5.10 Å². The predicted octanol–water partition coefficient (Wildman–Crippen LogP) is 3.43. The minimum absolute atomic E-state index is 0.0997. The van der Waals surface area contributed by atoms with E-state index in [0.717, 1.165) is 22.2 Å². The zero-order valence-corrected chi connectivity index (χ0v) is 17.9. The molecule has 0 atom stereocenters. The molecule has 0 saturated carbocycles. The zero-order chi connectivity index (χ0) is 22.2. The van der Waals surface area contributed by atoms with Crippen LogP contribution in [0.1, 0.15) is 6.42 Å². The first-order valence-electron chi connectivity index (χ1n) is 10.4. The maximum atomic E-state index is 12.8. The summed E-state index contributed by atoms with van der Waals surface area (Å²) in [7, 11) is 3.55. The van der Waals surface area contributed by atoms with Gasteiger partial charge in [0.05, 0.1) is 25.0 Å². The number of para-hydroxylation sites is 3. The Morgan fingerprint density at radius 1 is 1.16 bits per heavy atom. The van der Waals surface area contributed by atoms with Crippen molar-refractivity contribution in [2.75, 3.05) is 23.9 Å². The van der Waals surface area contributed by atoms with Crippen LogP contribution in [0.3, 0.4) is 0 Å². The van der Waals surface area contributed by atoms with Crippen molar-refractivity contribution in [3.63, 3.8) is 0 Å². The van der Waals surface area contributed by atoms with Gasteiger partial charge in [-0.3, -0.25) is 14.5 Å². The number of hydrogen-bond donors (Lipinski definition) is 1. The molecule has 0 unspecified atom stereocenters. The molecule has 0 spiro atoms. The Hall–Kier alpha value is -4.07. The van der Waals surface area contributed by atoms with Crippen molar-refractivity contribution in [3.8, 4) is 17.0 Å². The maximum absolute atomic E-state index is 12.8. The molecule has 32 heavy (non-hydrogen) atoms. The summed E-state index contributed by atoms with van der Waals surface area (Å²) < 4.78 is 9.15. The highest BCUT2D eigenvalue weighted by Crippen LogP contribution is 2.33. The van der Waals surface area contributed by atoms with E-state index in [-0.39, 0.29) is 18.4 Å². The highest BCUT2D eigenvalue weighted by atomic mass is 16.5. The van der Waals surface area contributed by atoms with Crippen molar-refractivity contribution in [1.82, 2.24) is 14.3 Å². The van der Waals surface area contributed by atoms with Crippen LogP contribution in [0.5, 0.6) is 5.75 Å². The largest absolute Gasteiger partial charge is 0.495 e. The van der Waals surface area contributed by atoms with Crippen molar-refractivity contribution in [2.45, 2.75) is 13.0 Å². The van der Waals surface area contributed by atoms with Gasteiger partial charge < -0.3 is 14.6 Å². The summed E-state index contributed by atoms with van der Waals surface area (Å²) in [6.07, 6.45) is 2.34. The maximum Gasteiger partial charge on any atom is 0.244 e. The van der Waals surface area contributed by atoms with E-state index < -0.39 is 0 Å². The van der Waals surface area contributed by atoms with Gasteiger partial charge in [-0.05, 0) is 18.2 Å². The van der Waals surface area contributed by atoms with Crippen LogP contribution < -0.4 is 15.0 Å². The lowest BCUT2D eigenvalue weighted by Crippen LogP contribution is -2.42. The van der Waals surface area contributed by atoms with Crippen LogP contribution in [0.4, 0.5) is 11.5 Å². The molecule has 0 saturated heterocycles. The second kappa shape index (κ2) is 7.88. The third kappa shape index (κ3) is 3.39. The predicted molar refractivity (Wildman–Crippen MR) is 123 cm³/mol. The number of carbonyl (C=O) groups excluding carboxylic acids is 2. The normalized spacial score (nSPS) is 13.3. The molecule has 8 heteroatoms. The van der Waals surface area contributed by atoms with Crippen LogP contribution in [0.25, 0.3) is 22.2 Å². The average molecular weight is 429 g/mol. The number of benzene rings is 2. The first kappa shape index (κ1) is 19.9. The molecule has 4 aromatic rings. The minimum Gasteiger partial charge on any atom is -0.495 e. The van der Waals surface area contributed by atoms with E-state index in [1.165, 1.54) is 4.90 Å². The number of fused-ring (bicyclic) bond motifs is 2. The van der Waals surface area contributed by atoms with E-state index in [0.29, 0.717) is 30.2 Å². The Morgan fingerprint density at radius 2 is 1.94 bits per heavy atom. The fraction of sp³-hybridized carbons (Fsp3) is 0.208. The lowest BCUT2D eigenvalue weighted by atomic mass is 10.1. The second-order valence-corrected chi connectivity index (χ2v) is 7.76. The molecule has 0 aliphatic carbocycles. The molecule has 0 bridgehead atoms. The molecule has 1 aliphatic heterocycles. The van der Waals surface area contributed by atoms with Crippen molar-refractivity contribution < 1.29 is 14.3 Å². The van der Waals surface area contributed by atoms with E-state index in [1.807, 2.05) is 43.6 Å². The molecule has 3 heterocycles. The van der Waals surface area contributed by atoms with Crippen molar-refractivity contribution in [2.24, 2.45) is 7.05 Å². The lowest BCUT2D eigenvalue weighted by Gasteiger charge is -2.27. The highest BCUT2D eigenvalue weighted by Gasteiger charge is 2.29. The Kier molecular flexibility index (Phi) is 4.89. The molecule has 5 rings (SSSR count). The van der Waals surface area contributed by atoms with Gasteiger partial charge in [-0.1, -0.05) is 30.3 Å². The molecule has 8 nitrogen and oxygen atoms in total. The van der Waals surface area contributed by atoms with Crippen LogP contribution in [-0.4, -0.2) is 39.8 Å². The van der Waals surface area contributed by atoms with Crippen molar-refractivity contribution in [3.05, 3.63) is 60.8 Å². The number of hydrogen-bond acceptors (Lipinski definition) is 4. The molecule has 2 aromatic heterocycles. The first-order valence-corrected chi connectivity index (χ1v) is 10.4. The summed E-state index contributed by atoms with van der Waals surface area (Å²) in [6.45, 7) is 0.390. The minimum atomic E-state index is -0.302. The molecule has 162 valence electrons. The van der Waals surface area contributed by atoms with Crippen LogP contribution >= 0.6 is 0 Å². The third-order valence-electron chi connectivity index (χ3n) is 5.73. The van der Waals surface area contributed by atoms with Crippen LogP contribution in [0.2, 0.25) is 0 Å². The first-order chi connectivity index (χ1) is 15.5. The van der Waals surface area contributed by atoms with Gasteiger partial charge in [0.1, 0.15) is 18.1 Å². The van der Waals surface area contributed by atoms with Crippen LogP contribution in [0, 0.1) is 0 Å². The SMILES string of the molecule is COc1ccccc1NC(=O)CN1C(=O)CCn2nc(-c3cn(C)c4ccccc34)cc21. The summed E-state index contributed by atoms with van der Waals surface area (Å²) in [6, 6.07) is 17.2. The Labute approximate surface area is 185 Å². The summed E-state index contributed by atoms with van der Waals surface area (Å²) in [5, 5.41) is 8.68. The number of aromatic nitrogens is 3. The number of nitrogens with zero attached hydrogens (tertiary/aromatic N) is 4. The molecule has 1 N–H and O–H groups in total. The molecule has 0 fully saturated rings. The Balaban J connectivity index is 1.44. The number of anilines is 2. The number of methoxy groups -OCH3 is 1. The van der Waals surface area contributed by atoms with Gasteiger partial charge in [-0.15, -0.1) is 0 Å². The van der Waals surface area contributed by atoms with E-state index in [4.69, 9.17) is 9.84 Å². The zero-order valence-electron chi connectivity index (χ0n) is 17.9. The quantitative estimate of drug-likeness (QED) is 0.527. The molecular formula is C24H23N5O3. The fourth-order valence-corrected chi connectivity index (χ4v) is 4.18. The molecule has 1 aliphatic rings. The fourth-order valence-electron chi connectivity index (χ4n) is 4.18. The number of amides is 2. The number of ether oxygens (including phenoxy) is 1. The van der Waals surface area contributed by atoms with Gasteiger partial charge in [0, 0.05) is 42.2 Å². The van der Waals surface area contributed by atoms with E-state index in [1.54, 1.807) is 23.9 Å². The van der Waals surface area contributed by atoms with Gasteiger partial charge in [0.15, 0.2) is 0 Å². The summed E-state index contributed by atoms with van der Waals surface area (Å²) >= 11 is 0. The van der Waals surface area contributed by atoms with E-state index in [2.05, 4.69) is 22.0 Å². The van der Waals surface area contributed by atoms with Crippen LogP contribution in [-0.2, 0) is 23.2 Å². The number of carbonyl (C=O) groups is 2. The van der Waals surface area contributed by atoms with Gasteiger partial charge in [0.2, 0.25) is 11.8 Å². The van der Waals surface area contributed by atoms with E-state index in [9.17, 15) is 9.59 Å². The van der Waals surface area contributed by atoms with Gasteiger partial charge in [0.25, 0.3) is 0 Å². The standard InChI is InChI=1S/C24H23N5O3/c1-27-14-17(16-7-3-5-9-20(16)27)19-13-23-28(24(31)11-12-29(23)26-19)15-22(30)25-18-8-4-6-10-21(18)32-2/h3-10,13-14H,11-12,15H2,1-2H3,(H,25,30). The Bertz CT molecular complexity index is 1340. The molecule has 0 radical (unpaired) electrons. The topological polar surface area (TPSA) is 81.4 Å². The number of nitrogens with one attached hydrogen (secondary N) is 1. The van der Waals surface area contributed by atoms with Crippen molar-refractivity contribution >= 4 is 34.2 Å². The number of rotatable bonds is 5. The molecular weight excluding hydrogens is 406 g/mol. The average Bonchev–Trinajstić information content (AvgIpc) is 3.38. The molecule has 2 amide bonds. The van der Waals surface area contributed by atoms with E-state index >= 15 is 0 Å². The summed E-state index contributed by atoms with van der Waals surface area (Å²) in [4.78, 5) is 27.0. The Morgan fingerprint density at radius 3 is 2.78 bits per heavy atom. The summed E-state index contributed by atoms with van der Waals surface area (Å²) in [5.74, 6) is 0.787. The third-order valence-corrected chi connectivity index (χ3v) is 5.73. The smallest absolute Gasteiger partial charge is 0.244 e. The van der Waals surface area contributed by atoms with Gasteiger partial charge in [-0.25, -0.2) is 4.68 Å². The second-order valence-electron chi connectivity index (χ2n) is 7.76. The van der Waals surface area contributed by atoms with Crippen LogP contribution in [0.15, 0.2) is 60.8 Å². The number of aryl methyl sites for hydroxylation is 2. The lowest BCUT2D eigenvalue weighted by molar-refractivity contribution is -0.122. The monoisotopic (exact) mass is 429 g/mol. The molecule has 2 aromatic carbocycles. The van der Waals surface area contributed by atoms with Crippen molar-refractivity contribution in [1.29, 1.82) is 0 Å². The summed E-state index contributed by atoms with van der Waals surface area (Å²) in [5.41, 5.74) is 3.45. The highest BCUT2D eigenvalue weighted by molar-refractivity contribution is 6.04.